The molecule has 1 atom stereocenters. The molecule has 0 aliphatic carbocycles. The van der Waals surface area contributed by atoms with Gasteiger partial charge in [0.15, 0.2) is 5.82 Å². The molecule has 0 spiro atoms. The smallest absolute Gasteiger partial charge is 0.339 e. The second-order valence-electron chi connectivity index (χ2n) is 6.52. The van der Waals surface area contributed by atoms with Crippen molar-refractivity contribution in [1.29, 1.82) is 0 Å². The molecule has 3 rings (SSSR count). The van der Waals surface area contributed by atoms with Crippen molar-refractivity contribution in [1.82, 2.24) is 19.6 Å². The molecule has 2 heterocycles. The molecule has 1 amide bonds. The summed E-state index contributed by atoms with van der Waals surface area (Å²) >= 11 is 0. The minimum Gasteiger partial charge on any atom is -0.465 e. The van der Waals surface area contributed by atoms with Crippen molar-refractivity contribution in [3.8, 4) is 5.82 Å². The van der Waals surface area contributed by atoms with E-state index < -0.39 is 23.5 Å². The Balaban J connectivity index is 1.91. The van der Waals surface area contributed by atoms with E-state index in [0.29, 0.717) is 11.5 Å². The SMILES string of the molecule is COC(=O)c1ccccc1NC(=O)C(C)n1nc(-n2nc(C)cc2C)ccc1=O. The van der Waals surface area contributed by atoms with Gasteiger partial charge < -0.3 is 10.1 Å². The van der Waals surface area contributed by atoms with Gasteiger partial charge in [-0.15, -0.1) is 5.10 Å². The van der Waals surface area contributed by atoms with Crippen LogP contribution in [0.5, 0.6) is 0 Å². The largest absolute Gasteiger partial charge is 0.465 e. The highest BCUT2D eigenvalue weighted by molar-refractivity contribution is 6.02. The summed E-state index contributed by atoms with van der Waals surface area (Å²) in [7, 11) is 1.26. The summed E-state index contributed by atoms with van der Waals surface area (Å²) in [5.41, 5.74) is 1.74. The minimum atomic E-state index is -0.926. The monoisotopic (exact) mass is 395 g/mol. The zero-order valence-electron chi connectivity index (χ0n) is 16.5. The van der Waals surface area contributed by atoms with Crippen LogP contribution in [-0.2, 0) is 9.53 Å². The van der Waals surface area contributed by atoms with E-state index in [1.54, 1.807) is 41.9 Å². The van der Waals surface area contributed by atoms with Gasteiger partial charge in [-0.25, -0.2) is 14.2 Å². The molecule has 9 heteroatoms. The Kier molecular flexibility index (Phi) is 5.58. The lowest BCUT2D eigenvalue weighted by atomic mass is 10.1. The van der Waals surface area contributed by atoms with Crippen LogP contribution in [0, 0.1) is 13.8 Å². The number of hydrogen-bond donors (Lipinski definition) is 1. The van der Waals surface area contributed by atoms with Gasteiger partial charge in [-0.05, 0) is 45.0 Å². The van der Waals surface area contributed by atoms with E-state index in [9.17, 15) is 14.4 Å². The molecule has 9 nitrogen and oxygen atoms in total. The summed E-state index contributed by atoms with van der Waals surface area (Å²) in [5.74, 6) is -0.651. The van der Waals surface area contributed by atoms with Crippen LogP contribution in [0.25, 0.3) is 5.82 Å². The number of methoxy groups -OCH3 is 1. The van der Waals surface area contributed by atoms with E-state index in [-0.39, 0.29) is 5.56 Å². The van der Waals surface area contributed by atoms with Crippen LogP contribution in [0.2, 0.25) is 0 Å². The van der Waals surface area contributed by atoms with Crippen molar-refractivity contribution in [3.05, 3.63) is 69.8 Å². The molecule has 0 saturated heterocycles. The number of benzene rings is 1. The number of anilines is 1. The molecule has 3 aromatic rings. The number of nitrogens with one attached hydrogen (secondary N) is 1. The predicted molar refractivity (Wildman–Crippen MR) is 106 cm³/mol. The van der Waals surface area contributed by atoms with Crippen LogP contribution in [0.3, 0.4) is 0 Å². The Hall–Kier alpha value is -3.75. The van der Waals surface area contributed by atoms with Gasteiger partial charge in [0.1, 0.15) is 6.04 Å². The first-order valence-corrected chi connectivity index (χ1v) is 8.93. The van der Waals surface area contributed by atoms with Crippen molar-refractivity contribution in [3.63, 3.8) is 0 Å². The highest BCUT2D eigenvalue weighted by atomic mass is 16.5. The van der Waals surface area contributed by atoms with Crippen molar-refractivity contribution < 1.29 is 14.3 Å². The van der Waals surface area contributed by atoms with Crippen LogP contribution < -0.4 is 10.9 Å². The van der Waals surface area contributed by atoms with Crippen molar-refractivity contribution in [2.45, 2.75) is 26.8 Å². The fourth-order valence-corrected chi connectivity index (χ4v) is 2.89. The molecule has 2 aromatic heterocycles. The topological polar surface area (TPSA) is 108 Å². The zero-order chi connectivity index (χ0) is 21.1. The first-order valence-electron chi connectivity index (χ1n) is 8.93. The van der Waals surface area contributed by atoms with Gasteiger partial charge >= 0.3 is 5.97 Å². The minimum absolute atomic E-state index is 0.215. The summed E-state index contributed by atoms with van der Waals surface area (Å²) in [6.07, 6.45) is 0. The van der Waals surface area contributed by atoms with E-state index in [2.05, 4.69) is 15.5 Å². The van der Waals surface area contributed by atoms with Crippen LogP contribution in [-0.4, -0.2) is 38.5 Å². The summed E-state index contributed by atoms with van der Waals surface area (Å²) in [5, 5.41) is 11.3. The number of esters is 1. The molecule has 0 aliphatic heterocycles. The average Bonchev–Trinajstić information content (AvgIpc) is 3.05. The number of hydrogen-bond acceptors (Lipinski definition) is 6. The molecule has 1 N–H and O–H groups in total. The number of rotatable bonds is 5. The Bertz CT molecular complexity index is 1130. The standard InChI is InChI=1S/C20H21N5O4/c1-12-11-13(2)24(22-12)17-9-10-18(26)25(23-17)14(3)19(27)21-16-8-6-5-7-15(16)20(28)29-4/h5-11,14H,1-4H3,(H,21,27). The van der Waals surface area contributed by atoms with Gasteiger partial charge in [0, 0.05) is 11.8 Å². The molecule has 1 aromatic carbocycles. The van der Waals surface area contributed by atoms with Crippen LogP contribution in [0.4, 0.5) is 5.69 Å². The highest BCUT2D eigenvalue weighted by Gasteiger charge is 2.21. The summed E-state index contributed by atoms with van der Waals surface area (Å²) < 4.78 is 7.42. The van der Waals surface area contributed by atoms with Crippen LogP contribution in [0.15, 0.2) is 47.3 Å². The van der Waals surface area contributed by atoms with Gasteiger partial charge in [0.25, 0.3) is 5.56 Å². The van der Waals surface area contributed by atoms with E-state index in [1.165, 1.54) is 13.2 Å². The van der Waals surface area contributed by atoms with Crippen molar-refractivity contribution >= 4 is 17.6 Å². The number of amides is 1. The zero-order valence-corrected chi connectivity index (χ0v) is 16.5. The first-order chi connectivity index (χ1) is 13.8. The highest BCUT2D eigenvalue weighted by Crippen LogP contribution is 2.18. The second kappa shape index (κ2) is 8.09. The average molecular weight is 395 g/mol. The quantitative estimate of drug-likeness (QED) is 0.662. The third-order valence-corrected chi connectivity index (χ3v) is 4.37. The predicted octanol–water partition coefficient (Wildman–Crippen LogP) is 2.03. The molecule has 150 valence electrons. The van der Waals surface area contributed by atoms with E-state index >= 15 is 0 Å². The number of carbonyl (C=O) groups excluding carboxylic acids is 2. The lowest BCUT2D eigenvalue weighted by molar-refractivity contribution is -0.119. The Morgan fingerprint density at radius 2 is 1.83 bits per heavy atom. The van der Waals surface area contributed by atoms with Crippen LogP contribution in [0.1, 0.15) is 34.7 Å². The maximum absolute atomic E-state index is 12.8. The fourth-order valence-electron chi connectivity index (χ4n) is 2.89. The summed E-state index contributed by atoms with van der Waals surface area (Å²) in [6.45, 7) is 5.28. The van der Waals surface area contributed by atoms with Gasteiger partial charge in [-0.2, -0.15) is 5.10 Å². The van der Waals surface area contributed by atoms with Crippen molar-refractivity contribution in [2.75, 3.05) is 12.4 Å². The Labute approximate surface area is 166 Å². The van der Waals surface area contributed by atoms with Crippen molar-refractivity contribution in [2.24, 2.45) is 0 Å². The van der Waals surface area contributed by atoms with Gasteiger partial charge in [-0.1, -0.05) is 12.1 Å². The fraction of sp³-hybridized carbons (Fsp3) is 0.250. The molecule has 0 fully saturated rings. The Morgan fingerprint density at radius 3 is 2.48 bits per heavy atom. The number of nitrogens with zero attached hydrogens (tertiary/aromatic N) is 4. The van der Waals surface area contributed by atoms with Crippen LogP contribution >= 0.6 is 0 Å². The Morgan fingerprint density at radius 1 is 1.10 bits per heavy atom. The third kappa shape index (κ3) is 4.08. The van der Waals surface area contributed by atoms with E-state index in [1.807, 2.05) is 19.9 Å². The lowest BCUT2D eigenvalue weighted by Gasteiger charge is -2.16. The third-order valence-electron chi connectivity index (χ3n) is 4.37. The van der Waals surface area contributed by atoms with E-state index in [0.717, 1.165) is 16.1 Å². The molecule has 1 unspecified atom stereocenters. The summed E-state index contributed by atoms with van der Waals surface area (Å²) in [4.78, 5) is 37.0. The number of ether oxygens (including phenoxy) is 1. The van der Waals surface area contributed by atoms with Gasteiger partial charge in [-0.3, -0.25) is 9.59 Å². The van der Waals surface area contributed by atoms with Gasteiger partial charge in [0.05, 0.1) is 24.1 Å². The maximum atomic E-state index is 12.8. The molecular formula is C20H21N5O4. The maximum Gasteiger partial charge on any atom is 0.339 e. The van der Waals surface area contributed by atoms with E-state index in [4.69, 9.17) is 4.74 Å². The molecule has 0 saturated carbocycles. The molecule has 0 aliphatic rings. The number of carbonyl (C=O) groups is 2. The molecule has 0 radical (unpaired) electrons. The molecule has 29 heavy (non-hydrogen) atoms. The molecule has 0 bridgehead atoms. The number of aryl methyl sites for hydroxylation is 2. The second-order valence-corrected chi connectivity index (χ2v) is 6.52. The summed E-state index contributed by atoms with van der Waals surface area (Å²) in [6, 6.07) is 10.3. The number of para-hydroxylation sites is 1. The normalized spacial score (nSPS) is 11.7. The molecular weight excluding hydrogens is 374 g/mol. The lowest BCUT2D eigenvalue weighted by Crippen LogP contribution is -2.34. The van der Waals surface area contributed by atoms with Gasteiger partial charge in [0.2, 0.25) is 5.91 Å². The first kappa shape index (κ1) is 20.0. The number of aromatic nitrogens is 4.